The highest BCUT2D eigenvalue weighted by Crippen LogP contribution is 2.32. The van der Waals surface area contributed by atoms with E-state index in [1.807, 2.05) is 26.2 Å². The third kappa shape index (κ3) is 6.82. The van der Waals surface area contributed by atoms with Crippen molar-refractivity contribution in [2.45, 2.75) is 35.4 Å². The van der Waals surface area contributed by atoms with Gasteiger partial charge in [-0.1, -0.05) is 0 Å². The Labute approximate surface area is 243 Å². The van der Waals surface area contributed by atoms with E-state index in [1.165, 1.54) is 0 Å². The number of nitrogens with one attached hydrogen (secondary N) is 5. The Morgan fingerprint density at radius 2 is 1.86 bits per heavy atom. The number of carbonyl (C=O) groups is 1. The number of aromatic amines is 1. The quantitative estimate of drug-likeness (QED) is 0.236. The van der Waals surface area contributed by atoms with Crippen LogP contribution in [0.4, 0.5) is 31.8 Å². The molecule has 1 unspecified atom stereocenters. The molecule has 0 aliphatic carbocycles. The van der Waals surface area contributed by atoms with Crippen LogP contribution >= 0.6 is 0 Å². The summed E-state index contributed by atoms with van der Waals surface area (Å²) in [5.41, 5.74) is 2.39. The van der Waals surface area contributed by atoms with Crippen LogP contribution in [0.15, 0.2) is 41.3 Å². The maximum absolute atomic E-state index is 13.8. The number of amides is 1. The van der Waals surface area contributed by atoms with Gasteiger partial charge < -0.3 is 30.9 Å². The molecule has 11 nitrogen and oxygen atoms in total. The molecular weight excluding hydrogens is 568 g/mol. The topological polar surface area (TPSA) is 140 Å². The van der Waals surface area contributed by atoms with Gasteiger partial charge in [0.15, 0.2) is 15.7 Å². The molecule has 5 N–H and O–H groups in total. The number of aromatic nitrogens is 2. The lowest BCUT2D eigenvalue weighted by Gasteiger charge is -2.26. The van der Waals surface area contributed by atoms with Crippen LogP contribution < -0.4 is 21.3 Å². The van der Waals surface area contributed by atoms with Crippen LogP contribution in [0.5, 0.6) is 0 Å². The molecule has 1 atom stereocenters. The standard InChI is InChI=1S/C28H35F2N7O4S/c1-37(2)8-7-31-20-3-4-23(25(14-20)33-19-5-9-41-10-6-19)28(38)34-27-24-15-22(16-32-26(24)35-36-27)42(39,40)21-12-17(29)11-18(30)13-21/h3-4,11-14,19,22,31,33H,5-10,15-16H2,1-2H3,(H3,32,34,35,36,38). The maximum Gasteiger partial charge on any atom is 0.258 e. The number of halogens is 2. The van der Waals surface area contributed by atoms with Gasteiger partial charge >= 0.3 is 0 Å². The number of benzene rings is 2. The van der Waals surface area contributed by atoms with E-state index in [4.69, 9.17) is 4.74 Å². The minimum absolute atomic E-state index is 0.00447. The zero-order valence-electron chi connectivity index (χ0n) is 23.5. The number of nitrogens with zero attached hydrogens (tertiary/aromatic N) is 2. The molecule has 2 aliphatic heterocycles. The van der Waals surface area contributed by atoms with E-state index in [1.54, 1.807) is 6.07 Å². The fraction of sp³-hybridized carbons (Fsp3) is 0.429. The Kier molecular flexibility index (Phi) is 8.94. The molecule has 2 aromatic carbocycles. The molecule has 0 radical (unpaired) electrons. The lowest BCUT2D eigenvalue weighted by molar-refractivity contribution is 0.0904. The van der Waals surface area contributed by atoms with Crippen molar-refractivity contribution in [2.75, 3.05) is 68.2 Å². The van der Waals surface area contributed by atoms with Crippen molar-refractivity contribution < 1.29 is 26.7 Å². The molecular formula is C28H35F2N7O4S. The molecule has 0 saturated carbocycles. The van der Waals surface area contributed by atoms with E-state index < -0.39 is 37.5 Å². The molecule has 5 rings (SSSR count). The molecule has 226 valence electrons. The summed E-state index contributed by atoms with van der Waals surface area (Å²) in [6.07, 6.45) is 1.60. The number of carbonyl (C=O) groups excluding carboxylic acids is 1. The highest BCUT2D eigenvalue weighted by Gasteiger charge is 2.35. The molecule has 3 aromatic rings. The highest BCUT2D eigenvalue weighted by atomic mass is 32.2. The van der Waals surface area contributed by atoms with Crippen LogP contribution in [-0.4, -0.2) is 87.7 Å². The van der Waals surface area contributed by atoms with Crippen LogP contribution in [0.2, 0.25) is 0 Å². The van der Waals surface area contributed by atoms with Crippen LogP contribution in [0, 0.1) is 11.6 Å². The van der Waals surface area contributed by atoms with E-state index in [9.17, 15) is 22.0 Å². The number of likely N-dealkylation sites (N-methyl/N-ethyl adjacent to an activating group) is 1. The second-order valence-corrected chi connectivity index (χ2v) is 13.0. The summed E-state index contributed by atoms with van der Waals surface area (Å²) in [5.74, 6) is -1.71. The van der Waals surface area contributed by atoms with E-state index in [2.05, 4.69) is 36.4 Å². The van der Waals surface area contributed by atoms with E-state index in [0.29, 0.717) is 41.9 Å². The first-order chi connectivity index (χ1) is 20.1. The van der Waals surface area contributed by atoms with Crippen LogP contribution in [0.25, 0.3) is 0 Å². The molecule has 0 bridgehead atoms. The number of hydrogen-bond acceptors (Lipinski definition) is 9. The maximum atomic E-state index is 13.8. The summed E-state index contributed by atoms with van der Waals surface area (Å²) >= 11 is 0. The average molecular weight is 604 g/mol. The Morgan fingerprint density at radius 1 is 1.12 bits per heavy atom. The smallest absolute Gasteiger partial charge is 0.258 e. The zero-order chi connectivity index (χ0) is 29.9. The van der Waals surface area contributed by atoms with Crippen molar-refractivity contribution >= 4 is 38.8 Å². The number of H-pyrrole nitrogens is 1. The lowest BCUT2D eigenvalue weighted by atomic mass is 10.1. The predicted octanol–water partition coefficient (Wildman–Crippen LogP) is 3.32. The minimum atomic E-state index is -4.09. The fourth-order valence-electron chi connectivity index (χ4n) is 5.07. The van der Waals surface area contributed by atoms with Crippen molar-refractivity contribution in [1.82, 2.24) is 15.1 Å². The monoisotopic (exact) mass is 603 g/mol. The van der Waals surface area contributed by atoms with Gasteiger partial charge in [0.2, 0.25) is 0 Å². The average Bonchev–Trinajstić information content (AvgIpc) is 3.35. The largest absolute Gasteiger partial charge is 0.384 e. The number of fused-ring (bicyclic) bond motifs is 1. The molecule has 1 amide bonds. The number of sulfone groups is 1. The molecule has 2 aliphatic rings. The number of rotatable bonds is 10. The normalized spacial score (nSPS) is 17.4. The highest BCUT2D eigenvalue weighted by molar-refractivity contribution is 7.92. The Hall–Kier alpha value is -3.75. The second kappa shape index (κ2) is 12.6. The van der Waals surface area contributed by atoms with Crippen molar-refractivity contribution in [3.8, 4) is 0 Å². The Morgan fingerprint density at radius 3 is 2.57 bits per heavy atom. The van der Waals surface area contributed by atoms with Crippen LogP contribution in [0.1, 0.15) is 28.8 Å². The van der Waals surface area contributed by atoms with E-state index >= 15 is 0 Å². The van der Waals surface area contributed by atoms with Crippen molar-refractivity contribution in [3.63, 3.8) is 0 Å². The first-order valence-electron chi connectivity index (χ1n) is 13.8. The molecule has 14 heteroatoms. The van der Waals surface area contributed by atoms with E-state index in [0.717, 1.165) is 43.8 Å². The molecule has 0 spiro atoms. The second-order valence-electron chi connectivity index (χ2n) is 10.8. The Bertz CT molecular complexity index is 1520. The molecule has 1 aromatic heterocycles. The minimum Gasteiger partial charge on any atom is -0.384 e. The number of anilines is 4. The van der Waals surface area contributed by atoms with Gasteiger partial charge in [0.25, 0.3) is 5.91 Å². The van der Waals surface area contributed by atoms with Crippen molar-refractivity contribution in [2.24, 2.45) is 0 Å². The SMILES string of the molecule is CN(C)CCNc1ccc(C(=O)Nc2n[nH]c3c2CC(S(=O)(=O)c2cc(F)cc(F)c2)CN3)c(NC2CCOCC2)c1. The molecule has 42 heavy (non-hydrogen) atoms. The first-order valence-corrected chi connectivity index (χ1v) is 15.3. The van der Waals surface area contributed by atoms with Crippen molar-refractivity contribution in [3.05, 3.63) is 59.2 Å². The summed E-state index contributed by atoms with van der Waals surface area (Å²) in [6.45, 7) is 2.85. The summed E-state index contributed by atoms with van der Waals surface area (Å²) in [7, 11) is -0.102. The zero-order valence-corrected chi connectivity index (χ0v) is 24.3. The van der Waals surface area contributed by atoms with Gasteiger partial charge in [-0.2, -0.15) is 5.10 Å². The third-order valence-electron chi connectivity index (χ3n) is 7.37. The molecule has 1 saturated heterocycles. The lowest BCUT2D eigenvalue weighted by Crippen LogP contribution is -2.35. The van der Waals surface area contributed by atoms with Crippen LogP contribution in [-0.2, 0) is 21.0 Å². The third-order valence-corrected chi connectivity index (χ3v) is 9.48. The summed E-state index contributed by atoms with van der Waals surface area (Å²) in [5, 5.41) is 18.7. The predicted molar refractivity (Wildman–Crippen MR) is 157 cm³/mol. The fourth-order valence-corrected chi connectivity index (χ4v) is 6.69. The van der Waals surface area contributed by atoms with Crippen molar-refractivity contribution in [1.29, 1.82) is 0 Å². The van der Waals surface area contributed by atoms with Gasteiger partial charge in [-0.25, -0.2) is 17.2 Å². The number of ether oxygens (including phenoxy) is 1. The van der Waals surface area contributed by atoms with Gasteiger partial charge in [-0.15, -0.1) is 0 Å². The Balaban J connectivity index is 1.36. The van der Waals surface area contributed by atoms with Gasteiger partial charge in [0.05, 0.1) is 15.7 Å². The van der Waals surface area contributed by atoms with E-state index in [-0.39, 0.29) is 24.8 Å². The van der Waals surface area contributed by atoms with Gasteiger partial charge in [0, 0.05) is 61.9 Å². The van der Waals surface area contributed by atoms with Crippen LogP contribution in [0.3, 0.4) is 0 Å². The molecule has 1 fully saturated rings. The van der Waals surface area contributed by atoms with Gasteiger partial charge in [0.1, 0.15) is 17.5 Å². The van der Waals surface area contributed by atoms with Gasteiger partial charge in [-0.05, 0) is 63.7 Å². The first kappa shape index (κ1) is 29.7. The summed E-state index contributed by atoms with van der Waals surface area (Å²) < 4.78 is 59.5. The summed E-state index contributed by atoms with van der Waals surface area (Å²) in [4.78, 5) is 15.2. The molecule has 3 heterocycles. The van der Waals surface area contributed by atoms with Gasteiger partial charge in [-0.3, -0.25) is 9.89 Å². The number of hydrogen-bond donors (Lipinski definition) is 5. The summed E-state index contributed by atoms with van der Waals surface area (Å²) in [6, 6.07) is 7.85.